The molecule has 1 fully saturated rings. The second-order valence-electron chi connectivity index (χ2n) is 6.48. The molecule has 1 heterocycles. The van der Waals surface area contributed by atoms with Gasteiger partial charge in [-0.05, 0) is 37.3 Å². The summed E-state index contributed by atoms with van der Waals surface area (Å²) in [6, 6.07) is 12.8. The topological polar surface area (TPSA) is 44.8 Å². The number of benzene rings is 2. The van der Waals surface area contributed by atoms with Gasteiger partial charge in [-0.25, -0.2) is 0 Å². The average Bonchev–Trinajstić information content (AvgIpc) is 2.69. The average molecular weight is 408 g/mol. The van der Waals surface area contributed by atoms with E-state index in [1.165, 1.54) is 0 Å². The Labute approximate surface area is 169 Å². The summed E-state index contributed by atoms with van der Waals surface area (Å²) in [6.07, 6.45) is 0. The lowest BCUT2D eigenvalue weighted by Crippen LogP contribution is -2.52. The van der Waals surface area contributed by atoms with Crippen molar-refractivity contribution in [2.75, 3.05) is 43.5 Å². The molecule has 1 amide bonds. The third-order valence-corrected chi connectivity index (χ3v) is 5.40. The molecule has 1 atom stereocenters. The van der Waals surface area contributed by atoms with Gasteiger partial charge in [-0.2, -0.15) is 0 Å². The van der Waals surface area contributed by atoms with Crippen molar-refractivity contribution in [2.24, 2.45) is 0 Å². The highest BCUT2D eigenvalue weighted by Crippen LogP contribution is 2.29. The fourth-order valence-corrected chi connectivity index (χ4v) is 3.69. The molecule has 0 aromatic heterocycles. The van der Waals surface area contributed by atoms with E-state index in [1.807, 2.05) is 25.1 Å². The Hall–Kier alpha value is -1.95. The van der Waals surface area contributed by atoms with Gasteiger partial charge in [0.15, 0.2) is 0 Å². The van der Waals surface area contributed by atoms with Gasteiger partial charge < -0.3 is 15.0 Å². The number of nitrogens with one attached hydrogen (secondary N) is 1. The molecule has 2 aromatic rings. The first-order chi connectivity index (χ1) is 13.0. The number of rotatable bonds is 5. The molecule has 27 heavy (non-hydrogen) atoms. The molecular formula is C20H23Cl2N3O2. The third kappa shape index (κ3) is 4.67. The van der Waals surface area contributed by atoms with Crippen LogP contribution in [0, 0.1) is 0 Å². The Balaban J connectivity index is 1.59. The highest BCUT2D eigenvalue weighted by molar-refractivity contribution is 6.36. The lowest BCUT2D eigenvalue weighted by atomic mass is 10.2. The molecule has 1 N–H and O–H groups in total. The number of methoxy groups -OCH3 is 1. The molecular weight excluding hydrogens is 385 g/mol. The first kappa shape index (κ1) is 19.8. The Kier molecular flexibility index (Phi) is 6.47. The van der Waals surface area contributed by atoms with Crippen LogP contribution in [0.5, 0.6) is 5.75 Å². The Morgan fingerprint density at radius 3 is 2.48 bits per heavy atom. The van der Waals surface area contributed by atoms with Gasteiger partial charge >= 0.3 is 0 Å². The smallest absolute Gasteiger partial charge is 0.241 e. The van der Waals surface area contributed by atoms with Crippen LogP contribution >= 0.6 is 23.2 Å². The molecule has 1 unspecified atom stereocenters. The summed E-state index contributed by atoms with van der Waals surface area (Å²) in [6.45, 7) is 5.17. The van der Waals surface area contributed by atoms with Crippen molar-refractivity contribution >= 4 is 40.5 Å². The molecule has 0 aliphatic carbocycles. The van der Waals surface area contributed by atoms with Crippen LogP contribution in [-0.2, 0) is 4.79 Å². The van der Waals surface area contributed by atoms with Crippen LogP contribution in [-0.4, -0.2) is 50.1 Å². The van der Waals surface area contributed by atoms with E-state index in [0.717, 1.165) is 37.6 Å². The van der Waals surface area contributed by atoms with Gasteiger partial charge in [-0.3, -0.25) is 9.69 Å². The first-order valence-electron chi connectivity index (χ1n) is 8.87. The van der Waals surface area contributed by atoms with Crippen LogP contribution in [0.25, 0.3) is 0 Å². The highest BCUT2D eigenvalue weighted by Gasteiger charge is 2.27. The quantitative estimate of drug-likeness (QED) is 0.808. The number of carbonyl (C=O) groups is 1. The van der Waals surface area contributed by atoms with Crippen LogP contribution in [0.2, 0.25) is 10.0 Å². The van der Waals surface area contributed by atoms with Gasteiger partial charge in [0.2, 0.25) is 5.91 Å². The maximum absolute atomic E-state index is 12.6. The number of hydrogen-bond donors (Lipinski definition) is 1. The zero-order valence-electron chi connectivity index (χ0n) is 15.4. The highest BCUT2D eigenvalue weighted by atomic mass is 35.5. The minimum atomic E-state index is -0.253. The van der Waals surface area contributed by atoms with E-state index < -0.39 is 0 Å². The summed E-state index contributed by atoms with van der Waals surface area (Å²) in [5, 5.41) is 3.87. The summed E-state index contributed by atoms with van der Waals surface area (Å²) in [7, 11) is 1.68. The lowest BCUT2D eigenvalue weighted by molar-refractivity contribution is -0.120. The van der Waals surface area contributed by atoms with Gasteiger partial charge in [0.1, 0.15) is 5.75 Å². The predicted molar refractivity (Wildman–Crippen MR) is 111 cm³/mol. The zero-order valence-corrected chi connectivity index (χ0v) is 16.9. The minimum Gasteiger partial charge on any atom is -0.495 e. The standard InChI is InChI=1S/C20H23Cl2N3O2/c1-14(20(26)23-17-8-7-15(21)13-16(17)22)24-9-11-25(12-10-24)18-5-3-4-6-19(18)27-2/h3-8,13-14H,9-12H2,1-2H3,(H,23,26). The Bertz CT molecular complexity index is 808. The van der Waals surface area contributed by atoms with E-state index in [0.29, 0.717) is 15.7 Å². The second kappa shape index (κ2) is 8.83. The molecule has 0 spiro atoms. The van der Waals surface area contributed by atoms with Crippen LogP contribution in [0.15, 0.2) is 42.5 Å². The van der Waals surface area contributed by atoms with Crippen molar-refractivity contribution in [1.82, 2.24) is 4.90 Å². The molecule has 7 heteroatoms. The molecule has 5 nitrogen and oxygen atoms in total. The lowest BCUT2D eigenvalue weighted by Gasteiger charge is -2.38. The number of hydrogen-bond acceptors (Lipinski definition) is 4. The molecule has 2 aromatic carbocycles. The monoisotopic (exact) mass is 407 g/mol. The van der Waals surface area contributed by atoms with Crippen LogP contribution in [0.3, 0.4) is 0 Å². The second-order valence-corrected chi connectivity index (χ2v) is 7.33. The van der Waals surface area contributed by atoms with Crippen LogP contribution in [0.1, 0.15) is 6.92 Å². The third-order valence-electron chi connectivity index (χ3n) is 4.86. The van der Waals surface area contributed by atoms with Gasteiger partial charge in [0.25, 0.3) is 0 Å². The molecule has 1 aliphatic heterocycles. The fraction of sp³-hybridized carbons (Fsp3) is 0.350. The molecule has 144 valence electrons. The molecule has 1 saturated heterocycles. The van der Waals surface area contributed by atoms with Crippen LogP contribution in [0.4, 0.5) is 11.4 Å². The van der Waals surface area contributed by atoms with E-state index in [4.69, 9.17) is 27.9 Å². The summed E-state index contributed by atoms with van der Waals surface area (Å²) < 4.78 is 5.46. The number of halogens is 2. The molecule has 0 radical (unpaired) electrons. The van der Waals surface area contributed by atoms with Crippen molar-refractivity contribution in [2.45, 2.75) is 13.0 Å². The Morgan fingerprint density at radius 2 is 1.81 bits per heavy atom. The van der Waals surface area contributed by atoms with Gasteiger partial charge in [-0.1, -0.05) is 35.3 Å². The Morgan fingerprint density at radius 1 is 1.11 bits per heavy atom. The normalized spacial score (nSPS) is 16.1. The zero-order chi connectivity index (χ0) is 19.4. The van der Waals surface area contributed by atoms with E-state index in [1.54, 1.807) is 25.3 Å². The van der Waals surface area contributed by atoms with Crippen molar-refractivity contribution < 1.29 is 9.53 Å². The predicted octanol–water partition coefficient (Wildman–Crippen LogP) is 4.15. The molecule has 0 saturated carbocycles. The summed E-state index contributed by atoms with van der Waals surface area (Å²) in [5.41, 5.74) is 1.66. The maximum Gasteiger partial charge on any atom is 0.241 e. The number of ether oxygens (including phenoxy) is 1. The van der Waals surface area contributed by atoms with Crippen LogP contribution < -0.4 is 15.0 Å². The molecule has 3 rings (SSSR count). The molecule has 0 bridgehead atoms. The number of anilines is 2. The van der Waals surface area contributed by atoms with E-state index in [-0.39, 0.29) is 11.9 Å². The van der Waals surface area contributed by atoms with Gasteiger partial charge in [0, 0.05) is 31.2 Å². The van der Waals surface area contributed by atoms with E-state index >= 15 is 0 Å². The summed E-state index contributed by atoms with van der Waals surface area (Å²) in [4.78, 5) is 17.1. The summed E-state index contributed by atoms with van der Waals surface area (Å²) in [5.74, 6) is 0.791. The fourth-order valence-electron chi connectivity index (χ4n) is 3.23. The van der Waals surface area contributed by atoms with Crippen molar-refractivity contribution in [3.63, 3.8) is 0 Å². The number of amides is 1. The van der Waals surface area contributed by atoms with Gasteiger partial charge in [-0.15, -0.1) is 0 Å². The number of para-hydroxylation sites is 2. The maximum atomic E-state index is 12.6. The number of piperazine rings is 1. The largest absolute Gasteiger partial charge is 0.495 e. The minimum absolute atomic E-state index is 0.0787. The van der Waals surface area contributed by atoms with E-state index in [2.05, 4.69) is 21.2 Å². The number of nitrogens with zero attached hydrogens (tertiary/aromatic N) is 2. The van der Waals surface area contributed by atoms with Crippen molar-refractivity contribution in [1.29, 1.82) is 0 Å². The van der Waals surface area contributed by atoms with Gasteiger partial charge in [0.05, 0.1) is 29.5 Å². The summed E-state index contributed by atoms with van der Waals surface area (Å²) >= 11 is 12.1. The van der Waals surface area contributed by atoms with Crippen molar-refractivity contribution in [3.05, 3.63) is 52.5 Å². The van der Waals surface area contributed by atoms with Crippen molar-refractivity contribution in [3.8, 4) is 5.75 Å². The SMILES string of the molecule is COc1ccccc1N1CCN(C(C)C(=O)Nc2ccc(Cl)cc2Cl)CC1. The van der Waals surface area contributed by atoms with E-state index in [9.17, 15) is 4.79 Å². The first-order valence-corrected chi connectivity index (χ1v) is 9.63. The number of carbonyl (C=O) groups excluding carboxylic acids is 1. The molecule has 1 aliphatic rings.